The second-order valence-corrected chi connectivity index (χ2v) is 4.23. The summed E-state index contributed by atoms with van der Waals surface area (Å²) in [7, 11) is 0. The molecule has 82 valence electrons. The van der Waals surface area contributed by atoms with Crippen LogP contribution in [0.5, 0.6) is 0 Å². The van der Waals surface area contributed by atoms with E-state index in [2.05, 4.69) is 0 Å². The Morgan fingerprint density at radius 3 is 2.33 bits per heavy atom. The van der Waals surface area contributed by atoms with Gasteiger partial charge in [-0.15, -0.1) is 0 Å². The van der Waals surface area contributed by atoms with Crippen LogP contribution in [0.1, 0.15) is 18.1 Å². The van der Waals surface area contributed by atoms with Crippen molar-refractivity contribution in [1.29, 1.82) is 0 Å². The third kappa shape index (κ3) is 2.80. The second-order valence-electron chi connectivity index (χ2n) is 4.23. The van der Waals surface area contributed by atoms with Gasteiger partial charge in [-0.25, -0.2) is 0 Å². The zero-order valence-electron chi connectivity index (χ0n) is 9.16. The molecule has 0 aliphatic heterocycles. The van der Waals surface area contributed by atoms with E-state index in [1.807, 2.05) is 31.2 Å². The van der Waals surface area contributed by atoms with Crippen LogP contribution < -0.4 is 5.73 Å². The van der Waals surface area contributed by atoms with Gasteiger partial charge in [0.2, 0.25) is 0 Å². The van der Waals surface area contributed by atoms with Gasteiger partial charge in [0.05, 0.1) is 5.41 Å². The minimum atomic E-state index is -0.866. The first-order valence-corrected chi connectivity index (χ1v) is 4.97. The summed E-state index contributed by atoms with van der Waals surface area (Å²) in [5.41, 5.74) is 6.82. The highest BCUT2D eigenvalue weighted by Crippen LogP contribution is 2.21. The predicted octanol–water partition coefficient (Wildman–Crippen LogP) is 1.59. The van der Waals surface area contributed by atoms with Crippen LogP contribution in [0.3, 0.4) is 0 Å². The second kappa shape index (κ2) is 4.45. The lowest BCUT2D eigenvalue weighted by atomic mass is 9.84. The molecule has 3 heteroatoms. The summed E-state index contributed by atoms with van der Waals surface area (Å²) in [4.78, 5) is 11.0. The molecule has 0 aliphatic carbocycles. The van der Waals surface area contributed by atoms with Gasteiger partial charge < -0.3 is 10.8 Å². The number of benzene rings is 1. The molecule has 1 aromatic carbocycles. The van der Waals surface area contributed by atoms with Crippen molar-refractivity contribution in [2.45, 2.75) is 20.3 Å². The van der Waals surface area contributed by atoms with Gasteiger partial charge in [-0.2, -0.15) is 0 Å². The zero-order valence-corrected chi connectivity index (χ0v) is 9.16. The topological polar surface area (TPSA) is 63.3 Å². The fraction of sp³-hybridized carbons (Fsp3) is 0.417. The van der Waals surface area contributed by atoms with Crippen LogP contribution in [0.4, 0.5) is 0 Å². The number of carboxylic acid groups (broad SMARTS) is 1. The monoisotopic (exact) mass is 207 g/mol. The lowest BCUT2D eigenvalue weighted by molar-refractivity contribution is -0.147. The SMILES string of the molecule is Cc1ccc(CC(C)(CN)C(=O)O)cc1. The maximum atomic E-state index is 11.0. The zero-order chi connectivity index (χ0) is 11.5. The van der Waals surface area contributed by atoms with Crippen molar-refractivity contribution in [1.82, 2.24) is 0 Å². The summed E-state index contributed by atoms with van der Waals surface area (Å²) in [6.07, 6.45) is 0.471. The number of aliphatic carboxylic acids is 1. The number of carboxylic acids is 1. The van der Waals surface area contributed by atoms with Gasteiger partial charge >= 0.3 is 5.97 Å². The average molecular weight is 207 g/mol. The molecule has 0 aliphatic rings. The Kier molecular flexibility index (Phi) is 3.48. The van der Waals surface area contributed by atoms with E-state index in [0.717, 1.165) is 5.56 Å². The lowest BCUT2D eigenvalue weighted by Gasteiger charge is -2.22. The Hall–Kier alpha value is -1.35. The molecule has 0 amide bonds. The van der Waals surface area contributed by atoms with Crippen LogP contribution in [0, 0.1) is 12.3 Å². The molecule has 3 N–H and O–H groups in total. The number of hydrogen-bond donors (Lipinski definition) is 2. The Morgan fingerprint density at radius 1 is 1.40 bits per heavy atom. The standard InChI is InChI=1S/C12H17NO2/c1-9-3-5-10(6-4-9)7-12(2,8-13)11(14)15/h3-6H,7-8,13H2,1-2H3,(H,14,15). The molecule has 1 unspecified atom stereocenters. The number of aryl methyl sites for hydroxylation is 1. The van der Waals surface area contributed by atoms with Crippen molar-refractivity contribution in [3.8, 4) is 0 Å². The van der Waals surface area contributed by atoms with E-state index in [9.17, 15) is 4.79 Å². The van der Waals surface area contributed by atoms with Gasteiger partial charge in [-0.3, -0.25) is 4.79 Å². The molecule has 0 saturated heterocycles. The van der Waals surface area contributed by atoms with Gasteiger partial charge in [-0.1, -0.05) is 29.8 Å². The third-order valence-electron chi connectivity index (χ3n) is 2.68. The Balaban J connectivity index is 2.84. The molecule has 3 nitrogen and oxygen atoms in total. The minimum absolute atomic E-state index is 0.149. The summed E-state index contributed by atoms with van der Waals surface area (Å²) >= 11 is 0. The molecule has 0 bridgehead atoms. The number of hydrogen-bond acceptors (Lipinski definition) is 2. The van der Waals surface area contributed by atoms with Gasteiger partial charge in [0, 0.05) is 6.54 Å². The highest BCUT2D eigenvalue weighted by molar-refractivity contribution is 5.74. The molecular weight excluding hydrogens is 190 g/mol. The van der Waals surface area contributed by atoms with Crippen LogP contribution in [-0.2, 0) is 11.2 Å². The highest BCUT2D eigenvalue weighted by Gasteiger charge is 2.31. The van der Waals surface area contributed by atoms with Crippen LogP contribution in [0.2, 0.25) is 0 Å². The molecule has 1 rings (SSSR count). The maximum Gasteiger partial charge on any atom is 0.310 e. The molecule has 0 spiro atoms. The number of nitrogens with two attached hydrogens (primary N) is 1. The van der Waals surface area contributed by atoms with E-state index >= 15 is 0 Å². The van der Waals surface area contributed by atoms with Gasteiger partial charge in [-0.05, 0) is 25.8 Å². The number of carbonyl (C=O) groups is 1. The Morgan fingerprint density at radius 2 is 1.93 bits per heavy atom. The molecular formula is C12H17NO2. The Labute approximate surface area is 89.9 Å². The quantitative estimate of drug-likeness (QED) is 0.788. The summed E-state index contributed by atoms with van der Waals surface area (Å²) in [5.74, 6) is -0.842. The first-order chi connectivity index (χ1) is 6.98. The van der Waals surface area contributed by atoms with Crippen molar-refractivity contribution < 1.29 is 9.90 Å². The van der Waals surface area contributed by atoms with Gasteiger partial charge in [0.15, 0.2) is 0 Å². The van der Waals surface area contributed by atoms with E-state index < -0.39 is 11.4 Å². The van der Waals surface area contributed by atoms with E-state index in [1.165, 1.54) is 5.56 Å². The van der Waals surface area contributed by atoms with Crippen molar-refractivity contribution in [2.24, 2.45) is 11.1 Å². The van der Waals surface area contributed by atoms with Crippen molar-refractivity contribution in [3.05, 3.63) is 35.4 Å². The number of rotatable bonds is 4. The summed E-state index contributed by atoms with van der Waals surface area (Å²) in [5, 5.41) is 9.07. The van der Waals surface area contributed by atoms with E-state index in [1.54, 1.807) is 6.92 Å². The fourth-order valence-corrected chi connectivity index (χ4v) is 1.39. The van der Waals surface area contributed by atoms with E-state index in [4.69, 9.17) is 10.8 Å². The smallest absolute Gasteiger partial charge is 0.310 e. The third-order valence-corrected chi connectivity index (χ3v) is 2.68. The molecule has 1 atom stereocenters. The summed E-state index contributed by atoms with van der Waals surface area (Å²) in [6.45, 7) is 3.83. The first-order valence-electron chi connectivity index (χ1n) is 4.97. The minimum Gasteiger partial charge on any atom is -0.481 e. The van der Waals surface area contributed by atoms with Crippen LogP contribution >= 0.6 is 0 Å². The summed E-state index contributed by atoms with van der Waals surface area (Å²) in [6, 6.07) is 7.86. The molecule has 1 aromatic rings. The predicted molar refractivity (Wildman–Crippen MR) is 59.7 cm³/mol. The normalized spacial score (nSPS) is 14.6. The van der Waals surface area contributed by atoms with Crippen molar-refractivity contribution >= 4 is 5.97 Å². The molecule has 0 fully saturated rings. The average Bonchev–Trinajstić information content (AvgIpc) is 2.21. The molecule has 15 heavy (non-hydrogen) atoms. The van der Waals surface area contributed by atoms with E-state index in [0.29, 0.717) is 6.42 Å². The molecule has 0 aromatic heterocycles. The van der Waals surface area contributed by atoms with Crippen LogP contribution in [0.15, 0.2) is 24.3 Å². The lowest BCUT2D eigenvalue weighted by Crippen LogP contribution is -2.37. The largest absolute Gasteiger partial charge is 0.481 e. The van der Waals surface area contributed by atoms with Crippen LogP contribution in [0.25, 0.3) is 0 Å². The molecule has 0 heterocycles. The fourth-order valence-electron chi connectivity index (χ4n) is 1.39. The molecule has 0 radical (unpaired) electrons. The van der Waals surface area contributed by atoms with E-state index in [-0.39, 0.29) is 6.54 Å². The summed E-state index contributed by atoms with van der Waals surface area (Å²) < 4.78 is 0. The van der Waals surface area contributed by atoms with Gasteiger partial charge in [0.25, 0.3) is 0 Å². The van der Waals surface area contributed by atoms with Crippen molar-refractivity contribution in [2.75, 3.05) is 6.54 Å². The highest BCUT2D eigenvalue weighted by atomic mass is 16.4. The molecule has 0 saturated carbocycles. The van der Waals surface area contributed by atoms with Crippen LogP contribution in [-0.4, -0.2) is 17.6 Å². The Bertz CT molecular complexity index is 345. The maximum absolute atomic E-state index is 11.0. The van der Waals surface area contributed by atoms with Gasteiger partial charge in [0.1, 0.15) is 0 Å². The van der Waals surface area contributed by atoms with Crippen molar-refractivity contribution in [3.63, 3.8) is 0 Å². The first kappa shape index (κ1) is 11.7.